The largest absolute Gasteiger partial charge is 0.454 e. The second kappa shape index (κ2) is 9.96. The van der Waals surface area contributed by atoms with Crippen molar-refractivity contribution in [3.63, 3.8) is 0 Å². The molecule has 3 rings (SSSR count). The van der Waals surface area contributed by atoms with Crippen LogP contribution in [0.3, 0.4) is 0 Å². The van der Waals surface area contributed by atoms with E-state index in [1.807, 2.05) is 6.92 Å². The summed E-state index contributed by atoms with van der Waals surface area (Å²) in [6.07, 6.45) is 5.61. The lowest BCUT2D eigenvalue weighted by Crippen LogP contribution is -2.57. The SMILES string of the molecule is C=CC(C)(CCC1C(C)CCC2C(C)(C)CCCC12C)OC1OCC(O)C(O)C1OC(C)=O. The maximum atomic E-state index is 11.6. The average molecular weight is 467 g/mol. The van der Waals surface area contributed by atoms with Crippen LogP contribution < -0.4 is 0 Å². The Morgan fingerprint density at radius 1 is 1.24 bits per heavy atom. The number of esters is 1. The topological polar surface area (TPSA) is 85.2 Å². The Morgan fingerprint density at radius 3 is 2.58 bits per heavy atom. The summed E-state index contributed by atoms with van der Waals surface area (Å²) in [5.41, 5.74) is -0.00447. The number of rotatable bonds is 7. The van der Waals surface area contributed by atoms with E-state index >= 15 is 0 Å². The highest BCUT2D eigenvalue weighted by atomic mass is 16.7. The number of ether oxygens (including phenoxy) is 3. The molecule has 6 nitrogen and oxygen atoms in total. The monoisotopic (exact) mass is 466 g/mol. The molecule has 0 radical (unpaired) electrons. The van der Waals surface area contributed by atoms with Crippen molar-refractivity contribution in [2.24, 2.45) is 28.6 Å². The van der Waals surface area contributed by atoms with Gasteiger partial charge in [0.25, 0.3) is 0 Å². The molecule has 0 aromatic rings. The Balaban J connectivity index is 1.73. The quantitative estimate of drug-likeness (QED) is 0.421. The van der Waals surface area contributed by atoms with Gasteiger partial charge in [-0.25, -0.2) is 0 Å². The standard InChI is InChI=1S/C27H46O6/c1-8-26(6,33-24-23(32-18(3)28)22(30)20(29)16-31-24)15-12-19-17(2)10-11-21-25(4,5)13-9-14-27(19,21)7/h8,17,19-24,29-30H,1,9-16H2,2-7H3. The Hall–Kier alpha value is -0.950. The molecule has 33 heavy (non-hydrogen) atoms. The highest BCUT2D eigenvalue weighted by Crippen LogP contribution is 2.62. The van der Waals surface area contributed by atoms with Gasteiger partial charge in [0.05, 0.1) is 12.2 Å². The van der Waals surface area contributed by atoms with E-state index in [4.69, 9.17) is 14.2 Å². The minimum absolute atomic E-state index is 0.0781. The van der Waals surface area contributed by atoms with Gasteiger partial charge in [0, 0.05) is 6.92 Å². The van der Waals surface area contributed by atoms with Gasteiger partial charge in [-0.15, -0.1) is 6.58 Å². The molecule has 190 valence electrons. The van der Waals surface area contributed by atoms with Crippen LogP contribution in [0, 0.1) is 28.6 Å². The van der Waals surface area contributed by atoms with E-state index in [0.717, 1.165) is 18.8 Å². The van der Waals surface area contributed by atoms with E-state index in [1.165, 1.54) is 39.0 Å². The van der Waals surface area contributed by atoms with Crippen LogP contribution in [0.15, 0.2) is 12.7 Å². The van der Waals surface area contributed by atoms with E-state index in [1.54, 1.807) is 6.08 Å². The first-order valence-corrected chi connectivity index (χ1v) is 12.8. The van der Waals surface area contributed by atoms with Crippen LogP contribution in [-0.4, -0.2) is 53.0 Å². The van der Waals surface area contributed by atoms with Crippen molar-refractivity contribution in [3.8, 4) is 0 Å². The van der Waals surface area contributed by atoms with Crippen molar-refractivity contribution in [2.75, 3.05) is 6.61 Å². The number of aliphatic hydroxyl groups is 2. The molecule has 0 bridgehead atoms. The molecule has 0 aromatic carbocycles. The normalized spacial score (nSPS) is 42.6. The fourth-order valence-electron chi connectivity index (χ4n) is 7.33. The molecule has 0 aromatic heterocycles. The van der Waals surface area contributed by atoms with Gasteiger partial charge < -0.3 is 24.4 Å². The first-order chi connectivity index (χ1) is 15.3. The molecule has 9 atom stereocenters. The second-order valence-corrected chi connectivity index (χ2v) is 12.1. The molecule has 1 saturated heterocycles. The first kappa shape index (κ1) is 26.7. The predicted octanol–water partition coefficient (Wildman–Crippen LogP) is 4.62. The van der Waals surface area contributed by atoms with Crippen molar-refractivity contribution in [1.82, 2.24) is 0 Å². The van der Waals surface area contributed by atoms with Crippen molar-refractivity contribution >= 4 is 5.97 Å². The summed E-state index contributed by atoms with van der Waals surface area (Å²) in [4.78, 5) is 11.6. The molecule has 1 aliphatic heterocycles. The summed E-state index contributed by atoms with van der Waals surface area (Å²) in [7, 11) is 0. The number of aliphatic hydroxyl groups excluding tert-OH is 2. The van der Waals surface area contributed by atoms with Gasteiger partial charge >= 0.3 is 5.97 Å². The Labute approximate surface area is 200 Å². The van der Waals surface area contributed by atoms with Crippen LogP contribution >= 0.6 is 0 Å². The molecule has 0 spiro atoms. The molecule has 1 heterocycles. The van der Waals surface area contributed by atoms with Crippen molar-refractivity contribution in [2.45, 2.75) is 117 Å². The summed E-state index contributed by atoms with van der Waals surface area (Å²) in [6.45, 7) is 17.0. The van der Waals surface area contributed by atoms with Crippen molar-refractivity contribution in [3.05, 3.63) is 12.7 Å². The Bertz CT molecular complexity index is 707. The zero-order chi connectivity index (χ0) is 24.6. The van der Waals surface area contributed by atoms with Crippen LogP contribution in [0.25, 0.3) is 0 Å². The summed E-state index contributed by atoms with van der Waals surface area (Å²) in [5.74, 6) is 1.44. The molecule has 9 unspecified atom stereocenters. The Morgan fingerprint density at radius 2 is 1.94 bits per heavy atom. The van der Waals surface area contributed by atoms with E-state index in [9.17, 15) is 15.0 Å². The van der Waals surface area contributed by atoms with Gasteiger partial charge in [0.2, 0.25) is 0 Å². The lowest BCUT2D eigenvalue weighted by molar-refractivity contribution is -0.296. The predicted molar refractivity (Wildman–Crippen MR) is 127 cm³/mol. The van der Waals surface area contributed by atoms with E-state index in [2.05, 4.69) is 34.3 Å². The molecule has 2 aliphatic carbocycles. The molecule has 6 heteroatoms. The molecule has 2 saturated carbocycles. The molecule has 3 fully saturated rings. The number of hydrogen-bond donors (Lipinski definition) is 2. The lowest BCUT2D eigenvalue weighted by Gasteiger charge is -2.59. The van der Waals surface area contributed by atoms with E-state index in [-0.39, 0.29) is 6.61 Å². The minimum atomic E-state index is -1.26. The Kier molecular flexibility index (Phi) is 8.05. The van der Waals surface area contributed by atoms with Gasteiger partial charge in [-0.3, -0.25) is 4.79 Å². The third kappa shape index (κ3) is 5.50. The smallest absolute Gasteiger partial charge is 0.303 e. The number of hydrogen-bond acceptors (Lipinski definition) is 6. The van der Waals surface area contributed by atoms with Crippen LogP contribution in [0.4, 0.5) is 0 Å². The zero-order valence-electron chi connectivity index (χ0n) is 21.5. The van der Waals surface area contributed by atoms with Crippen molar-refractivity contribution < 1.29 is 29.2 Å². The first-order valence-electron chi connectivity index (χ1n) is 12.8. The lowest BCUT2D eigenvalue weighted by atomic mass is 9.46. The second-order valence-electron chi connectivity index (χ2n) is 12.1. The van der Waals surface area contributed by atoms with Gasteiger partial charge in [-0.05, 0) is 67.6 Å². The van der Waals surface area contributed by atoms with Gasteiger partial charge in [-0.1, -0.05) is 46.6 Å². The fraction of sp³-hybridized carbons (Fsp3) is 0.889. The number of fused-ring (bicyclic) bond motifs is 1. The summed E-state index contributed by atoms with van der Waals surface area (Å²) >= 11 is 0. The van der Waals surface area contributed by atoms with Gasteiger partial charge in [0.1, 0.15) is 12.2 Å². The molecular weight excluding hydrogens is 420 g/mol. The summed E-state index contributed by atoms with van der Waals surface area (Å²) < 4.78 is 17.2. The fourth-order valence-corrected chi connectivity index (χ4v) is 7.33. The molecule has 2 N–H and O–H groups in total. The van der Waals surface area contributed by atoms with Crippen molar-refractivity contribution in [1.29, 1.82) is 0 Å². The minimum Gasteiger partial charge on any atom is -0.454 e. The molecule has 0 amide bonds. The van der Waals surface area contributed by atoms with Crippen LogP contribution in [0.2, 0.25) is 0 Å². The average Bonchev–Trinajstić information content (AvgIpc) is 2.72. The van der Waals surface area contributed by atoms with E-state index in [0.29, 0.717) is 22.7 Å². The zero-order valence-corrected chi connectivity index (χ0v) is 21.5. The van der Waals surface area contributed by atoms with Crippen LogP contribution in [-0.2, 0) is 19.0 Å². The maximum Gasteiger partial charge on any atom is 0.303 e. The molecule has 3 aliphatic rings. The third-order valence-electron chi connectivity index (χ3n) is 9.22. The van der Waals surface area contributed by atoms with Crippen LogP contribution in [0.5, 0.6) is 0 Å². The van der Waals surface area contributed by atoms with Gasteiger partial charge in [0.15, 0.2) is 12.4 Å². The van der Waals surface area contributed by atoms with Gasteiger partial charge in [-0.2, -0.15) is 0 Å². The third-order valence-corrected chi connectivity index (χ3v) is 9.22. The maximum absolute atomic E-state index is 11.6. The van der Waals surface area contributed by atoms with Crippen LogP contribution in [0.1, 0.15) is 86.5 Å². The molecular formula is C27H46O6. The summed E-state index contributed by atoms with van der Waals surface area (Å²) in [6, 6.07) is 0. The summed E-state index contributed by atoms with van der Waals surface area (Å²) in [5, 5.41) is 20.4. The van der Waals surface area contributed by atoms with E-state index < -0.39 is 36.2 Å². The number of carbonyl (C=O) groups is 1. The highest BCUT2D eigenvalue weighted by molar-refractivity contribution is 5.66. The number of carbonyl (C=O) groups excluding carboxylic acids is 1. The highest BCUT2D eigenvalue weighted by Gasteiger charge is 2.54.